The molecule has 0 aromatic rings. The highest BCUT2D eigenvalue weighted by atomic mass is 32.1. The van der Waals surface area contributed by atoms with E-state index < -0.39 is 23.5 Å². The Kier molecular flexibility index (Phi) is 6.74. The van der Waals surface area contributed by atoms with E-state index in [4.69, 9.17) is 0 Å². The van der Waals surface area contributed by atoms with Gasteiger partial charge in [-0.15, -0.1) is 12.6 Å². The second-order valence-corrected chi connectivity index (χ2v) is 4.17. The molecule has 0 aliphatic heterocycles. The molecule has 0 fully saturated rings. The maximum atomic E-state index is 12.3. The van der Waals surface area contributed by atoms with Crippen molar-refractivity contribution in [2.75, 3.05) is 6.54 Å². The zero-order valence-corrected chi connectivity index (χ0v) is 10.5. The lowest BCUT2D eigenvalue weighted by molar-refractivity contribution is -0.130. The van der Waals surface area contributed by atoms with Crippen molar-refractivity contribution in [2.24, 2.45) is 11.7 Å². The van der Waals surface area contributed by atoms with Crippen LogP contribution in [0.1, 0.15) is 13.8 Å². The highest BCUT2D eigenvalue weighted by Crippen LogP contribution is 1.95. The number of hydrogen-bond acceptors (Lipinski definition) is 5. The van der Waals surface area contributed by atoms with Gasteiger partial charge in [-0.1, -0.05) is 13.8 Å². The number of thiol groups is 1. The third-order valence-corrected chi connectivity index (χ3v) is 2.22. The molecule has 0 aliphatic rings. The molecule has 0 aliphatic carbocycles. The first-order valence-electron chi connectivity index (χ1n) is 4.94. The largest absolute Gasteiger partial charge is 0.346 e. The van der Waals surface area contributed by atoms with Crippen molar-refractivity contribution < 1.29 is 18.8 Å². The van der Waals surface area contributed by atoms with Crippen molar-refractivity contribution in [2.45, 2.75) is 25.5 Å². The predicted molar refractivity (Wildman–Crippen MR) is 62.9 cm³/mol. The Morgan fingerprint density at radius 1 is 1.29 bits per heavy atom. The number of alkyl halides is 1. The molecule has 0 aromatic carbocycles. The predicted octanol–water partition coefficient (Wildman–Crippen LogP) is -1.05. The number of rotatable bonds is 6. The van der Waals surface area contributed by atoms with Gasteiger partial charge in [0.1, 0.15) is 0 Å². The molecule has 0 aromatic heterocycles. The SMILES string of the molecule is CC(C)C(=O)CNC(=O)C(S)NC(=O)C(N)F. The van der Waals surface area contributed by atoms with Crippen molar-refractivity contribution in [3.63, 3.8) is 0 Å². The monoisotopic (exact) mass is 265 g/mol. The molecule has 0 saturated carbocycles. The van der Waals surface area contributed by atoms with Gasteiger partial charge in [0.05, 0.1) is 6.54 Å². The zero-order valence-electron chi connectivity index (χ0n) is 9.57. The summed E-state index contributed by atoms with van der Waals surface area (Å²) >= 11 is 3.74. The van der Waals surface area contributed by atoms with Crippen LogP contribution in [0.15, 0.2) is 0 Å². The fourth-order valence-corrected chi connectivity index (χ4v) is 0.973. The second kappa shape index (κ2) is 7.23. The lowest BCUT2D eigenvalue weighted by Crippen LogP contribution is -2.48. The molecule has 2 amide bonds. The van der Waals surface area contributed by atoms with Crippen LogP contribution in [-0.4, -0.2) is 35.8 Å². The smallest absolute Gasteiger partial charge is 0.270 e. The molecule has 2 atom stereocenters. The quantitative estimate of drug-likeness (QED) is 0.280. The van der Waals surface area contributed by atoms with E-state index >= 15 is 0 Å². The Hall–Kier alpha value is -1.15. The lowest BCUT2D eigenvalue weighted by atomic mass is 10.1. The molecule has 0 heterocycles. The summed E-state index contributed by atoms with van der Waals surface area (Å²) in [4.78, 5) is 33.3. The number of Topliss-reactive ketones (excluding diaryl/α,β-unsaturated/α-hetero) is 1. The van der Waals surface area contributed by atoms with Gasteiger partial charge < -0.3 is 10.6 Å². The van der Waals surface area contributed by atoms with Gasteiger partial charge in [-0.2, -0.15) is 0 Å². The normalized spacial score (nSPS) is 14.0. The summed E-state index contributed by atoms with van der Waals surface area (Å²) in [5, 5.41) is 2.95. The number of halogens is 1. The summed E-state index contributed by atoms with van der Waals surface area (Å²) in [5.74, 6) is -2.21. The summed E-state index contributed by atoms with van der Waals surface area (Å²) in [6, 6.07) is 0. The third kappa shape index (κ3) is 6.22. The van der Waals surface area contributed by atoms with Gasteiger partial charge in [-0.05, 0) is 0 Å². The van der Waals surface area contributed by atoms with Gasteiger partial charge in [0.2, 0.25) is 6.30 Å². The maximum Gasteiger partial charge on any atom is 0.270 e. The van der Waals surface area contributed by atoms with Crippen LogP contribution in [-0.2, 0) is 14.4 Å². The van der Waals surface area contributed by atoms with Crippen LogP contribution < -0.4 is 16.4 Å². The summed E-state index contributed by atoms with van der Waals surface area (Å²) in [6.45, 7) is 3.22. The minimum Gasteiger partial charge on any atom is -0.346 e. The molecule has 0 spiro atoms. The summed E-state index contributed by atoms with van der Waals surface area (Å²) < 4.78 is 12.3. The molecule has 98 valence electrons. The fraction of sp³-hybridized carbons (Fsp3) is 0.667. The number of carbonyl (C=O) groups is 3. The molecule has 2 unspecified atom stereocenters. The average Bonchev–Trinajstić information content (AvgIpc) is 2.24. The highest BCUT2D eigenvalue weighted by molar-refractivity contribution is 7.81. The Bertz CT molecular complexity index is 310. The van der Waals surface area contributed by atoms with Crippen LogP contribution in [0.3, 0.4) is 0 Å². The fourth-order valence-electron chi connectivity index (χ4n) is 0.755. The first kappa shape index (κ1) is 15.9. The molecular weight excluding hydrogens is 249 g/mol. The van der Waals surface area contributed by atoms with Gasteiger partial charge in [0, 0.05) is 5.92 Å². The van der Waals surface area contributed by atoms with Crippen molar-refractivity contribution in [3.8, 4) is 0 Å². The van der Waals surface area contributed by atoms with E-state index in [2.05, 4.69) is 23.7 Å². The first-order valence-corrected chi connectivity index (χ1v) is 5.46. The number of amides is 2. The Labute approximate surface area is 104 Å². The number of hydrogen-bond donors (Lipinski definition) is 4. The minimum atomic E-state index is -2.21. The number of carbonyl (C=O) groups excluding carboxylic acids is 3. The van der Waals surface area contributed by atoms with E-state index in [9.17, 15) is 18.8 Å². The van der Waals surface area contributed by atoms with Crippen LogP contribution >= 0.6 is 12.6 Å². The molecular formula is C9H16FN3O3S. The summed E-state index contributed by atoms with van der Waals surface area (Å²) in [6.07, 6.45) is -2.21. The van der Waals surface area contributed by atoms with Crippen LogP contribution in [0.5, 0.6) is 0 Å². The third-order valence-electron chi connectivity index (χ3n) is 1.86. The molecule has 8 heteroatoms. The second-order valence-electron chi connectivity index (χ2n) is 3.65. The van der Waals surface area contributed by atoms with Gasteiger partial charge in [-0.25, -0.2) is 4.39 Å². The molecule has 0 radical (unpaired) electrons. The Balaban J connectivity index is 4.07. The standard InChI is InChI=1S/C9H16FN3O3S/c1-4(2)5(14)3-12-8(16)9(17)13-7(15)6(10)11/h4,6,9,17H,3,11H2,1-2H3,(H,12,16)(H,13,15). The maximum absolute atomic E-state index is 12.3. The van der Waals surface area contributed by atoms with Gasteiger partial charge >= 0.3 is 0 Å². The first-order chi connectivity index (χ1) is 7.75. The van der Waals surface area contributed by atoms with Gasteiger partial charge in [0.15, 0.2) is 11.2 Å². The van der Waals surface area contributed by atoms with Crippen molar-refractivity contribution in [3.05, 3.63) is 0 Å². The molecule has 6 nitrogen and oxygen atoms in total. The van der Waals surface area contributed by atoms with E-state index in [1.165, 1.54) is 0 Å². The van der Waals surface area contributed by atoms with Gasteiger partial charge in [-0.3, -0.25) is 20.1 Å². The summed E-state index contributed by atoms with van der Waals surface area (Å²) in [7, 11) is 0. The number of nitrogens with two attached hydrogens (primary N) is 1. The number of nitrogens with one attached hydrogen (secondary N) is 2. The van der Waals surface area contributed by atoms with E-state index in [0.29, 0.717) is 0 Å². The average molecular weight is 265 g/mol. The lowest BCUT2D eigenvalue weighted by Gasteiger charge is -2.13. The Morgan fingerprint density at radius 3 is 2.24 bits per heavy atom. The number of ketones is 1. The van der Waals surface area contributed by atoms with Crippen molar-refractivity contribution in [1.29, 1.82) is 0 Å². The van der Waals surface area contributed by atoms with Crippen LogP contribution in [0, 0.1) is 5.92 Å². The molecule has 0 saturated heterocycles. The minimum absolute atomic E-state index is 0.160. The van der Waals surface area contributed by atoms with Crippen molar-refractivity contribution >= 4 is 30.2 Å². The Morgan fingerprint density at radius 2 is 1.82 bits per heavy atom. The van der Waals surface area contributed by atoms with E-state index in [1.54, 1.807) is 13.8 Å². The molecule has 4 N–H and O–H groups in total. The van der Waals surface area contributed by atoms with E-state index in [1.807, 2.05) is 5.32 Å². The topological polar surface area (TPSA) is 101 Å². The van der Waals surface area contributed by atoms with Crippen LogP contribution in [0.4, 0.5) is 4.39 Å². The highest BCUT2D eigenvalue weighted by Gasteiger charge is 2.20. The van der Waals surface area contributed by atoms with E-state index in [0.717, 1.165) is 0 Å². The van der Waals surface area contributed by atoms with Crippen LogP contribution in [0.2, 0.25) is 0 Å². The van der Waals surface area contributed by atoms with E-state index in [-0.39, 0.29) is 18.2 Å². The van der Waals surface area contributed by atoms with Crippen LogP contribution in [0.25, 0.3) is 0 Å². The van der Waals surface area contributed by atoms with Crippen molar-refractivity contribution in [1.82, 2.24) is 10.6 Å². The molecule has 0 rings (SSSR count). The zero-order chi connectivity index (χ0) is 13.6. The molecule has 17 heavy (non-hydrogen) atoms. The summed E-state index contributed by atoms with van der Waals surface area (Å²) in [5.41, 5.74) is 4.65. The van der Waals surface area contributed by atoms with Gasteiger partial charge in [0.25, 0.3) is 11.8 Å². The molecule has 0 bridgehead atoms.